The molecule has 0 aromatic carbocycles. The largest absolute Gasteiger partial charge is 0.502 e. The van der Waals surface area contributed by atoms with Crippen LogP contribution in [0.3, 0.4) is 0 Å². The van der Waals surface area contributed by atoms with E-state index in [1.807, 2.05) is 6.92 Å². The summed E-state index contributed by atoms with van der Waals surface area (Å²) in [5.74, 6) is 0. The van der Waals surface area contributed by atoms with Gasteiger partial charge in [0, 0.05) is 31.9 Å². The molecule has 1 atom stereocenters. The molecule has 17 heavy (non-hydrogen) atoms. The van der Waals surface area contributed by atoms with E-state index in [1.165, 1.54) is 0 Å². The Hall–Kier alpha value is 0.0569. The minimum absolute atomic E-state index is 0.0484. The van der Waals surface area contributed by atoms with Gasteiger partial charge < -0.3 is 19.0 Å². The van der Waals surface area contributed by atoms with Crippen molar-refractivity contribution in [1.82, 2.24) is 0 Å². The SMILES string of the molecule is CCCO[Si](CC(C)N)(OCCC)OCCC. The predicted molar refractivity (Wildman–Crippen MR) is 72.9 cm³/mol. The highest BCUT2D eigenvalue weighted by atomic mass is 28.4. The lowest BCUT2D eigenvalue weighted by atomic mass is 10.4. The van der Waals surface area contributed by atoms with Crippen molar-refractivity contribution in [1.29, 1.82) is 0 Å². The van der Waals surface area contributed by atoms with E-state index in [0.29, 0.717) is 25.9 Å². The molecule has 0 heterocycles. The molecule has 0 saturated heterocycles. The van der Waals surface area contributed by atoms with Crippen LogP contribution in [0.5, 0.6) is 0 Å². The Bertz CT molecular complexity index is 157. The Morgan fingerprint density at radius 2 is 1.24 bits per heavy atom. The van der Waals surface area contributed by atoms with Gasteiger partial charge >= 0.3 is 8.80 Å². The van der Waals surface area contributed by atoms with Crippen molar-refractivity contribution in [3.05, 3.63) is 0 Å². The van der Waals surface area contributed by atoms with Crippen molar-refractivity contribution in [3.63, 3.8) is 0 Å². The molecular weight excluding hydrogens is 234 g/mol. The minimum Gasteiger partial charge on any atom is -0.373 e. The molecule has 2 N–H and O–H groups in total. The molecule has 0 aliphatic carbocycles. The van der Waals surface area contributed by atoms with Crippen LogP contribution in [-0.2, 0) is 13.3 Å². The first-order valence-electron chi connectivity index (χ1n) is 6.77. The zero-order valence-electron chi connectivity index (χ0n) is 11.8. The van der Waals surface area contributed by atoms with E-state index < -0.39 is 8.80 Å². The van der Waals surface area contributed by atoms with Crippen LogP contribution in [0, 0.1) is 0 Å². The highest BCUT2D eigenvalue weighted by molar-refractivity contribution is 6.60. The first-order chi connectivity index (χ1) is 8.10. The molecule has 0 bridgehead atoms. The Morgan fingerprint density at radius 1 is 0.882 bits per heavy atom. The second-order valence-corrected chi connectivity index (χ2v) is 7.05. The smallest absolute Gasteiger partial charge is 0.373 e. The van der Waals surface area contributed by atoms with E-state index in [4.69, 9.17) is 19.0 Å². The first-order valence-corrected chi connectivity index (χ1v) is 8.70. The maximum atomic E-state index is 5.91. The van der Waals surface area contributed by atoms with Crippen molar-refractivity contribution >= 4 is 8.80 Å². The third kappa shape index (κ3) is 7.89. The van der Waals surface area contributed by atoms with Crippen molar-refractivity contribution in [2.75, 3.05) is 19.8 Å². The van der Waals surface area contributed by atoms with E-state index in [0.717, 1.165) is 19.3 Å². The van der Waals surface area contributed by atoms with Gasteiger partial charge in [0.1, 0.15) is 0 Å². The van der Waals surface area contributed by atoms with Gasteiger partial charge in [-0.2, -0.15) is 0 Å². The molecule has 0 saturated carbocycles. The van der Waals surface area contributed by atoms with Gasteiger partial charge in [0.2, 0.25) is 0 Å². The van der Waals surface area contributed by atoms with Gasteiger partial charge in [0.05, 0.1) is 0 Å². The molecule has 0 aliphatic heterocycles. The molecule has 4 nitrogen and oxygen atoms in total. The molecule has 0 radical (unpaired) electrons. The average molecular weight is 263 g/mol. The Labute approximate surface area is 107 Å². The van der Waals surface area contributed by atoms with Crippen molar-refractivity contribution in [2.45, 2.75) is 59.0 Å². The summed E-state index contributed by atoms with van der Waals surface area (Å²) >= 11 is 0. The molecular formula is C12H29NO3Si. The zero-order valence-corrected chi connectivity index (χ0v) is 12.8. The summed E-state index contributed by atoms with van der Waals surface area (Å²) in [6.45, 7) is 10.3. The van der Waals surface area contributed by atoms with E-state index in [1.54, 1.807) is 0 Å². The number of rotatable bonds is 11. The molecule has 0 fully saturated rings. The summed E-state index contributed by atoms with van der Waals surface area (Å²) in [7, 11) is -2.55. The Morgan fingerprint density at radius 3 is 1.47 bits per heavy atom. The number of hydrogen-bond donors (Lipinski definition) is 1. The Balaban J connectivity index is 4.51. The fourth-order valence-corrected chi connectivity index (χ4v) is 4.41. The Kier molecular flexibility index (Phi) is 10.1. The standard InChI is InChI=1S/C12H29NO3Si/c1-5-8-14-17(11-12(4)13,15-9-6-2)16-10-7-3/h12H,5-11,13H2,1-4H3. The topological polar surface area (TPSA) is 53.7 Å². The molecule has 0 aromatic rings. The second kappa shape index (κ2) is 10.0. The van der Waals surface area contributed by atoms with Crippen LogP contribution in [0.25, 0.3) is 0 Å². The lowest BCUT2D eigenvalue weighted by Gasteiger charge is -2.30. The third-order valence-corrected chi connectivity index (χ3v) is 5.23. The van der Waals surface area contributed by atoms with Gasteiger partial charge in [0.15, 0.2) is 0 Å². The third-order valence-electron chi connectivity index (χ3n) is 2.15. The van der Waals surface area contributed by atoms with Crippen LogP contribution in [-0.4, -0.2) is 34.7 Å². The molecule has 0 aromatic heterocycles. The van der Waals surface area contributed by atoms with Gasteiger partial charge in [0.25, 0.3) is 0 Å². The van der Waals surface area contributed by atoms with Gasteiger partial charge in [-0.25, -0.2) is 0 Å². The zero-order chi connectivity index (χ0) is 13.1. The molecule has 0 spiro atoms. The highest BCUT2D eigenvalue weighted by Crippen LogP contribution is 2.18. The summed E-state index contributed by atoms with van der Waals surface area (Å²) in [5.41, 5.74) is 5.89. The molecule has 104 valence electrons. The summed E-state index contributed by atoms with van der Waals surface area (Å²) < 4.78 is 17.7. The molecule has 0 rings (SSSR count). The monoisotopic (exact) mass is 263 g/mol. The van der Waals surface area contributed by atoms with Crippen molar-refractivity contribution < 1.29 is 13.3 Å². The van der Waals surface area contributed by atoms with E-state index in [-0.39, 0.29) is 6.04 Å². The summed E-state index contributed by atoms with van der Waals surface area (Å²) in [4.78, 5) is 0. The highest BCUT2D eigenvalue weighted by Gasteiger charge is 2.41. The minimum atomic E-state index is -2.55. The summed E-state index contributed by atoms with van der Waals surface area (Å²) in [6, 6.07) is 0.750. The molecule has 0 amide bonds. The van der Waals surface area contributed by atoms with E-state index >= 15 is 0 Å². The summed E-state index contributed by atoms with van der Waals surface area (Å²) in [5, 5.41) is 0. The van der Waals surface area contributed by atoms with Crippen LogP contribution in [0.2, 0.25) is 6.04 Å². The van der Waals surface area contributed by atoms with Crippen LogP contribution in [0.1, 0.15) is 47.0 Å². The maximum Gasteiger partial charge on any atom is 0.502 e. The average Bonchev–Trinajstić information content (AvgIpc) is 2.30. The van der Waals surface area contributed by atoms with Crippen LogP contribution < -0.4 is 5.73 Å². The second-order valence-electron chi connectivity index (χ2n) is 4.41. The van der Waals surface area contributed by atoms with Gasteiger partial charge in [-0.3, -0.25) is 0 Å². The lowest BCUT2D eigenvalue weighted by molar-refractivity contribution is 0.0581. The maximum absolute atomic E-state index is 5.91. The van der Waals surface area contributed by atoms with Crippen LogP contribution >= 0.6 is 0 Å². The van der Waals surface area contributed by atoms with Crippen molar-refractivity contribution in [3.8, 4) is 0 Å². The first kappa shape index (κ1) is 17.1. The van der Waals surface area contributed by atoms with Crippen molar-refractivity contribution in [2.24, 2.45) is 5.73 Å². The molecule has 0 aliphatic rings. The fraction of sp³-hybridized carbons (Fsp3) is 1.00. The van der Waals surface area contributed by atoms with Gasteiger partial charge in [-0.15, -0.1) is 0 Å². The van der Waals surface area contributed by atoms with E-state index in [9.17, 15) is 0 Å². The number of hydrogen-bond acceptors (Lipinski definition) is 4. The fourth-order valence-electron chi connectivity index (χ4n) is 1.47. The molecule has 1 unspecified atom stereocenters. The summed E-state index contributed by atoms with van der Waals surface area (Å²) in [6.07, 6.45) is 2.91. The predicted octanol–water partition coefficient (Wildman–Crippen LogP) is 2.55. The van der Waals surface area contributed by atoms with Gasteiger partial charge in [-0.1, -0.05) is 20.8 Å². The number of nitrogens with two attached hydrogens (primary N) is 1. The molecule has 5 heteroatoms. The van der Waals surface area contributed by atoms with Gasteiger partial charge in [-0.05, 0) is 26.2 Å². The quantitative estimate of drug-likeness (QED) is 0.582. The van der Waals surface area contributed by atoms with Crippen LogP contribution in [0.15, 0.2) is 0 Å². The normalized spacial score (nSPS) is 13.9. The van der Waals surface area contributed by atoms with E-state index in [2.05, 4.69) is 20.8 Å². The van der Waals surface area contributed by atoms with Crippen LogP contribution in [0.4, 0.5) is 0 Å². The lowest BCUT2D eigenvalue weighted by Crippen LogP contribution is -2.49.